The first-order valence-corrected chi connectivity index (χ1v) is 9.92. The predicted molar refractivity (Wildman–Crippen MR) is 123 cm³/mol. The number of benzene rings is 3. The smallest absolute Gasteiger partial charge is 0.277 e. The topological polar surface area (TPSA) is 79.8 Å². The number of rotatable bonds is 7. The summed E-state index contributed by atoms with van der Waals surface area (Å²) >= 11 is 0. The molecule has 31 heavy (non-hydrogen) atoms. The number of ether oxygens (including phenoxy) is 1. The number of nitrogens with zero attached hydrogens (tertiary/aromatic N) is 1. The van der Waals surface area contributed by atoms with Crippen molar-refractivity contribution in [2.75, 3.05) is 11.9 Å². The van der Waals surface area contributed by atoms with E-state index in [2.05, 4.69) is 15.8 Å². The number of carbonyl (C=O) groups excluding carboxylic acids is 2. The van der Waals surface area contributed by atoms with Crippen molar-refractivity contribution in [3.8, 4) is 5.75 Å². The Kier molecular flexibility index (Phi) is 7.17. The third kappa shape index (κ3) is 6.54. The molecule has 0 unspecified atom stereocenters. The molecule has 2 N–H and O–H groups in total. The SMILES string of the molecule is CC(=NNC(=O)COc1cc(C)cc(C)c1)c1ccc(NC(=O)c2ccccc2)cc1. The first kappa shape index (κ1) is 21.8. The van der Waals surface area contributed by atoms with Crippen LogP contribution in [0.1, 0.15) is 34.0 Å². The van der Waals surface area contributed by atoms with Crippen molar-refractivity contribution >= 4 is 23.2 Å². The molecule has 0 aliphatic carbocycles. The average Bonchev–Trinajstić information content (AvgIpc) is 2.76. The van der Waals surface area contributed by atoms with Crippen LogP contribution in [0.5, 0.6) is 5.75 Å². The summed E-state index contributed by atoms with van der Waals surface area (Å²) < 4.78 is 5.54. The van der Waals surface area contributed by atoms with Crippen molar-refractivity contribution in [2.45, 2.75) is 20.8 Å². The van der Waals surface area contributed by atoms with E-state index in [0.717, 1.165) is 16.7 Å². The predicted octanol–water partition coefficient (Wildman–Crippen LogP) is 4.47. The first-order valence-electron chi connectivity index (χ1n) is 9.92. The molecule has 2 amide bonds. The van der Waals surface area contributed by atoms with Crippen LogP contribution in [0, 0.1) is 13.8 Å². The second-order valence-electron chi connectivity index (χ2n) is 7.24. The maximum absolute atomic E-state index is 12.2. The minimum atomic E-state index is -0.342. The molecule has 3 rings (SSSR count). The van der Waals surface area contributed by atoms with Crippen molar-refractivity contribution in [3.05, 3.63) is 95.1 Å². The van der Waals surface area contributed by atoms with Gasteiger partial charge in [0.05, 0.1) is 5.71 Å². The van der Waals surface area contributed by atoms with Gasteiger partial charge in [-0.05, 0) is 73.9 Å². The summed E-state index contributed by atoms with van der Waals surface area (Å²) in [7, 11) is 0. The Hall–Kier alpha value is -3.93. The molecule has 158 valence electrons. The van der Waals surface area contributed by atoms with Crippen LogP contribution in [-0.4, -0.2) is 24.1 Å². The van der Waals surface area contributed by atoms with Crippen LogP contribution in [0.15, 0.2) is 77.9 Å². The monoisotopic (exact) mass is 415 g/mol. The number of hydrazone groups is 1. The lowest BCUT2D eigenvalue weighted by Gasteiger charge is -2.08. The zero-order valence-electron chi connectivity index (χ0n) is 17.8. The van der Waals surface area contributed by atoms with Crippen LogP contribution in [0.4, 0.5) is 5.69 Å². The summed E-state index contributed by atoms with van der Waals surface area (Å²) in [5.74, 6) is 0.140. The van der Waals surface area contributed by atoms with E-state index in [1.54, 1.807) is 31.2 Å². The highest BCUT2D eigenvalue weighted by molar-refractivity contribution is 6.05. The maximum Gasteiger partial charge on any atom is 0.277 e. The maximum atomic E-state index is 12.2. The van der Waals surface area contributed by atoms with Crippen LogP contribution in [0.2, 0.25) is 0 Å². The van der Waals surface area contributed by atoms with E-state index in [0.29, 0.717) is 22.7 Å². The highest BCUT2D eigenvalue weighted by Crippen LogP contribution is 2.16. The van der Waals surface area contributed by atoms with Gasteiger partial charge in [-0.15, -0.1) is 0 Å². The van der Waals surface area contributed by atoms with Crippen molar-refractivity contribution in [1.82, 2.24) is 5.43 Å². The lowest BCUT2D eigenvalue weighted by atomic mass is 10.1. The Morgan fingerprint density at radius 2 is 1.52 bits per heavy atom. The molecule has 0 fully saturated rings. The molecule has 0 radical (unpaired) electrons. The van der Waals surface area contributed by atoms with Crippen LogP contribution >= 0.6 is 0 Å². The van der Waals surface area contributed by atoms with Gasteiger partial charge in [-0.3, -0.25) is 9.59 Å². The molecule has 6 nitrogen and oxygen atoms in total. The van der Waals surface area contributed by atoms with Crippen molar-refractivity contribution in [2.24, 2.45) is 5.10 Å². The molecule has 0 aromatic heterocycles. The van der Waals surface area contributed by atoms with Crippen molar-refractivity contribution in [1.29, 1.82) is 0 Å². The highest BCUT2D eigenvalue weighted by Gasteiger charge is 2.07. The number of anilines is 1. The van der Waals surface area contributed by atoms with E-state index in [-0.39, 0.29) is 18.4 Å². The van der Waals surface area contributed by atoms with Crippen LogP contribution in [0.25, 0.3) is 0 Å². The fraction of sp³-hybridized carbons (Fsp3) is 0.160. The number of carbonyl (C=O) groups is 2. The lowest BCUT2D eigenvalue weighted by molar-refractivity contribution is -0.123. The molecule has 0 saturated heterocycles. The molecule has 0 atom stereocenters. The Morgan fingerprint density at radius 1 is 0.871 bits per heavy atom. The van der Waals surface area contributed by atoms with Gasteiger partial charge in [0.2, 0.25) is 0 Å². The van der Waals surface area contributed by atoms with Crippen LogP contribution in [0.3, 0.4) is 0 Å². The molecular weight excluding hydrogens is 390 g/mol. The van der Waals surface area contributed by atoms with Gasteiger partial charge in [0.25, 0.3) is 11.8 Å². The van der Waals surface area contributed by atoms with E-state index in [1.165, 1.54) is 0 Å². The largest absolute Gasteiger partial charge is 0.484 e. The molecule has 0 aliphatic heterocycles. The Bertz CT molecular complexity index is 1070. The standard InChI is InChI=1S/C25H25N3O3/c1-17-13-18(2)15-23(14-17)31-16-24(29)28-27-19(3)20-9-11-22(12-10-20)26-25(30)21-7-5-4-6-8-21/h4-15H,16H2,1-3H3,(H,26,30)(H,28,29). The minimum Gasteiger partial charge on any atom is -0.484 e. The summed E-state index contributed by atoms with van der Waals surface area (Å²) in [5.41, 5.74) is 7.39. The van der Waals surface area contributed by atoms with E-state index >= 15 is 0 Å². The minimum absolute atomic E-state index is 0.121. The summed E-state index contributed by atoms with van der Waals surface area (Å²) in [5, 5.41) is 6.98. The fourth-order valence-corrected chi connectivity index (χ4v) is 3.00. The Morgan fingerprint density at radius 3 is 2.16 bits per heavy atom. The molecule has 0 bridgehead atoms. The first-order chi connectivity index (χ1) is 14.9. The van der Waals surface area contributed by atoms with Gasteiger partial charge in [0.15, 0.2) is 6.61 Å². The summed E-state index contributed by atoms with van der Waals surface area (Å²) in [6, 6.07) is 22.1. The van der Waals surface area contributed by atoms with Gasteiger partial charge >= 0.3 is 0 Å². The number of hydrogen-bond donors (Lipinski definition) is 2. The lowest BCUT2D eigenvalue weighted by Crippen LogP contribution is -2.25. The van der Waals surface area contributed by atoms with Gasteiger partial charge in [-0.25, -0.2) is 5.43 Å². The second kappa shape index (κ2) is 10.2. The summed E-state index contributed by atoms with van der Waals surface area (Å²) in [6.45, 7) is 5.63. The quantitative estimate of drug-likeness (QED) is 0.441. The van der Waals surface area contributed by atoms with Gasteiger partial charge < -0.3 is 10.1 Å². The van der Waals surface area contributed by atoms with E-state index in [9.17, 15) is 9.59 Å². The normalized spacial score (nSPS) is 11.0. The number of hydrogen-bond acceptors (Lipinski definition) is 4. The van der Waals surface area contributed by atoms with Crippen molar-refractivity contribution in [3.63, 3.8) is 0 Å². The number of nitrogens with one attached hydrogen (secondary N) is 2. The third-order valence-corrected chi connectivity index (χ3v) is 4.51. The van der Waals surface area contributed by atoms with Gasteiger partial charge in [-0.2, -0.15) is 5.10 Å². The van der Waals surface area contributed by atoms with Gasteiger partial charge in [-0.1, -0.05) is 36.4 Å². The Labute approximate surface area is 182 Å². The average molecular weight is 415 g/mol. The number of amides is 2. The molecule has 3 aromatic rings. The molecular formula is C25H25N3O3. The van der Waals surface area contributed by atoms with E-state index in [1.807, 2.05) is 62.4 Å². The molecule has 0 spiro atoms. The van der Waals surface area contributed by atoms with Crippen molar-refractivity contribution < 1.29 is 14.3 Å². The molecule has 6 heteroatoms. The molecule has 0 heterocycles. The van der Waals surface area contributed by atoms with Gasteiger partial charge in [0, 0.05) is 11.3 Å². The summed E-state index contributed by atoms with van der Waals surface area (Å²) in [6.07, 6.45) is 0. The molecule has 0 aliphatic rings. The molecule has 3 aromatic carbocycles. The third-order valence-electron chi connectivity index (χ3n) is 4.51. The van der Waals surface area contributed by atoms with E-state index < -0.39 is 0 Å². The Balaban J connectivity index is 1.52. The second-order valence-corrected chi connectivity index (χ2v) is 7.24. The van der Waals surface area contributed by atoms with Gasteiger partial charge in [0.1, 0.15) is 5.75 Å². The highest BCUT2D eigenvalue weighted by atomic mass is 16.5. The number of aryl methyl sites for hydroxylation is 2. The summed E-state index contributed by atoms with van der Waals surface area (Å²) in [4.78, 5) is 24.3. The fourth-order valence-electron chi connectivity index (χ4n) is 3.00. The molecule has 0 saturated carbocycles. The van der Waals surface area contributed by atoms with Crippen LogP contribution < -0.4 is 15.5 Å². The zero-order chi connectivity index (χ0) is 22.2. The zero-order valence-corrected chi connectivity index (χ0v) is 17.8. The van der Waals surface area contributed by atoms with E-state index in [4.69, 9.17) is 4.74 Å². The van der Waals surface area contributed by atoms with Crippen LogP contribution in [-0.2, 0) is 4.79 Å².